The summed E-state index contributed by atoms with van der Waals surface area (Å²) in [6, 6.07) is 13.8. The Morgan fingerprint density at radius 1 is 1.06 bits per heavy atom. The van der Waals surface area contributed by atoms with Crippen LogP contribution in [0.3, 0.4) is 0 Å². The molecule has 0 unspecified atom stereocenters. The number of rotatable bonds is 1. The lowest BCUT2D eigenvalue weighted by Crippen LogP contribution is -1.85. The molecular weight excluding hydrogens is 212 g/mol. The summed E-state index contributed by atoms with van der Waals surface area (Å²) >= 11 is 0. The van der Waals surface area contributed by atoms with Crippen molar-refractivity contribution in [3.05, 3.63) is 48.0 Å². The molecule has 3 aromatic rings. The molecule has 0 saturated carbocycles. The molecule has 0 aliphatic heterocycles. The second-order valence-corrected chi connectivity index (χ2v) is 4.07. The molecule has 1 heterocycles. The molecule has 3 nitrogen and oxygen atoms in total. The monoisotopic (exact) mass is 224 g/mol. The lowest BCUT2D eigenvalue weighted by Gasteiger charge is -2.01. The summed E-state index contributed by atoms with van der Waals surface area (Å²) in [6.07, 6.45) is 0. The molecule has 0 radical (unpaired) electrons. The van der Waals surface area contributed by atoms with Crippen LogP contribution in [0.25, 0.3) is 22.2 Å². The molecule has 3 heteroatoms. The predicted octanol–water partition coefficient (Wildman–Crippen LogP) is 3.39. The normalized spacial score (nSPS) is 10.9. The molecule has 84 valence electrons. The van der Waals surface area contributed by atoms with Crippen LogP contribution in [-0.2, 0) is 0 Å². The number of hydrogen-bond acceptors (Lipinski definition) is 3. The van der Waals surface area contributed by atoms with Gasteiger partial charge in [-0.1, -0.05) is 35.5 Å². The van der Waals surface area contributed by atoms with E-state index in [0.29, 0.717) is 11.3 Å². The second-order valence-electron chi connectivity index (χ2n) is 4.07. The number of aromatic nitrogens is 1. The van der Waals surface area contributed by atoms with Gasteiger partial charge in [0.25, 0.3) is 0 Å². The van der Waals surface area contributed by atoms with E-state index in [1.807, 2.05) is 36.4 Å². The summed E-state index contributed by atoms with van der Waals surface area (Å²) in [4.78, 5) is 0. The number of benzene rings is 2. The third-order valence-corrected chi connectivity index (χ3v) is 2.93. The van der Waals surface area contributed by atoms with Gasteiger partial charge in [-0.15, -0.1) is 0 Å². The number of anilines is 1. The predicted molar refractivity (Wildman–Crippen MR) is 68.6 cm³/mol. The summed E-state index contributed by atoms with van der Waals surface area (Å²) in [5.74, 6) is 0. The Bertz CT molecular complexity index is 686. The van der Waals surface area contributed by atoms with Gasteiger partial charge in [-0.25, -0.2) is 0 Å². The Balaban J connectivity index is 2.33. The Labute approximate surface area is 98.8 Å². The minimum atomic E-state index is 0.620. The number of hydrogen-bond donors (Lipinski definition) is 1. The number of nitrogens with zero attached hydrogens (tertiary/aromatic N) is 1. The third-order valence-electron chi connectivity index (χ3n) is 2.93. The first kappa shape index (κ1) is 9.90. The van der Waals surface area contributed by atoms with Gasteiger partial charge in [-0.2, -0.15) is 0 Å². The summed E-state index contributed by atoms with van der Waals surface area (Å²) < 4.78 is 5.31. The van der Waals surface area contributed by atoms with Gasteiger partial charge in [0.2, 0.25) is 0 Å². The molecule has 0 aliphatic carbocycles. The Hall–Kier alpha value is -2.29. The fourth-order valence-corrected chi connectivity index (χ4v) is 2.02. The lowest BCUT2D eigenvalue weighted by atomic mass is 10.0. The van der Waals surface area contributed by atoms with E-state index in [9.17, 15) is 0 Å². The van der Waals surface area contributed by atoms with E-state index in [1.54, 1.807) is 0 Å². The zero-order valence-electron chi connectivity index (χ0n) is 9.47. The maximum Gasteiger partial charge on any atom is 0.190 e. The summed E-state index contributed by atoms with van der Waals surface area (Å²) in [7, 11) is 0. The molecule has 2 aromatic carbocycles. The van der Waals surface area contributed by atoms with Gasteiger partial charge < -0.3 is 10.3 Å². The van der Waals surface area contributed by atoms with E-state index in [4.69, 9.17) is 10.3 Å². The minimum Gasteiger partial charge on any atom is -0.396 e. The van der Waals surface area contributed by atoms with Crippen LogP contribution in [0, 0.1) is 6.92 Å². The molecule has 17 heavy (non-hydrogen) atoms. The van der Waals surface area contributed by atoms with Crippen LogP contribution < -0.4 is 5.73 Å². The van der Waals surface area contributed by atoms with E-state index >= 15 is 0 Å². The van der Waals surface area contributed by atoms with Gasteiger partial charge in [-0.05, 0) is 24.6 Å². The molecule has 0 saturated heterocycles. The Morgan fingerprint density at radius 3 is 2.71 bits per heavy atom. The van der Waals surface area contributed by atoms with Gasteiger partial charge in [0.1, 0.15) is 5.69 Å². The largest absolute Gasteiger partial charge is 0.396 e. The van der Waals surface area contributed by atoms with Gasteiger partial charge in [0.15, 0.2) is 5.58 Å². The number of aryl methyl sites for hydroxylation is 1. The van der Waals surface area contributed by atoms with Crippen molar-refractivity contribution in [2.45, 2.75) is 6.92 Å². The standard InChI is InChI=1S/C14H12N2O/c1-9-5-2-3-6-10(9)13-11-7-4-8-12(15)14(11)17-16-13/h2-8H,15H2,1H3. The van der Waals surface area contributed by atoms with Gasteiger partial charge in [-0.3, -0.25) is 0 Å². The number of fused-ring (bicyclic) bond motifs is 1. The zero-order valence-corrected chi connectivity index (χ0v) is 9.47. The van der Waals surface area contributed by atoms with Crippen molar-refractivity contribution >= 4 is 16.7 Å². The third kappa shape index (κ3) is 1.47. The van der Waals surface area contributed by atoms with E-state index < -0.39 is 0 Å². The van der Waals surface area contributed by atoms with Gasteiger partial charge in [0.05, 0.1) is 11.1 Å². The van der Waals surface area contributed by atoms with Crippen LogP contribution in [0.15, 0.2) is 47.0 Å². The molecule has 0 atom stereocenters. The maximum absolute atomic E-state index is 5.85. The van der Waals surface area contributed by atoms with Crippen LogP contribution in [0.1, 0.15) is 5.56 Å². The number of nitrogens with two attached hydrogens (primary N) is 1. The summed E-state index contributed by atoms with van der Waals surface area (Å²) in [5.41, 5.74) is 10.2. The Kier molecular flexibility index (Phi) is 2.11. The molecule has 0 aliphatic rings. The van der Waals surface area contributed by atoms with E-state index in [-0.39, 0.29) is 0 Å². The molecule has 0 spiro atoms. The van der Waals surface area contributed by atoms with Crippen molar-refractivity contribution < 1.29 is 4.52 Å². The highest BCUT2D eigenvalue weighted by Gasteiger charge is 2.13. The first-order chi connectivity index (χ1) is 8.27. The van der Waals surface area contributed by atoms with E-state index in [1.165, 1.54) is 5.56 Å². The molecule has 2 N–H and O–H groups in total. The number of para-hydroxylation sites is 1. The highest BCUT2D eigenvalue weighted by molar-refractivity contribution is 5.97. The highest BCUT2D eigenvalue weighted by atomic mass is 16.5. The van der Waals surface area contributed by atoms with E-state index in [2.05, 4.69) is 18.1 Å². The molecular formula is C14H12N2O. The van der Waals surface area contributed by atoms with Gasteiger partial charge >= 0.3 is 0 Å². The lowest BCUT2D eigenvalue weighted by molar-refractivity contribution is 0.460. The van der Waals surface area contributed by atoms with Crippen LogP contribution in [0.5, 0.6) is 0 Å². The maximum atomic E-state index is 5.85. The van der Waals surface area contributed by atoms with Crippen molar-refractivity contribution in [2.75, 3.05) is 5.73 Å². The molecule has 0 amide bonds. The average Bonchev–Trinajstić information content (AvgIpc) is 2.75. The van der Waals surface area contributed by atoms with Crippen LogP contribution in [-0.4, -0.2) is 5.16 Å². The molecule has 0 fully saturated rings. The van der Waals surface area contributed by atoms with Crippen molar-refractivity contribution in [3.8, 4) is 11.3 Å². The molecule has 3 rings (SSSR count). The molecule has 1 aromatic heterocycles. The molecule has 0 bridgehead atoms. The van der Waals surface area contributed by atoms with Crippen molar-refractivity contribution in [2.24, 2.45) is 0 Å². The SMILES string of the molecule is Cc1ccccc1-c1noc2c(N)cccc12. The van der Waals surface area contributed by atoms with Gasteiger partial charge in [0, 0.05) is 5.56 Å². The van der Waals surface area contributed by atoms with Crippen molar-refractivity contribution in [3.63, 3.8) is 0 Å². The first-order valence-electron chi connectivity index (χ1n) is 5.47. The average molecular weight is 224 g/mol. The number of nitrogen functional groups attached to an aromatic ring is 1. The van der Waals surface area contributed by atoms with E-state index in [0.717, 1.165) is 16.6 Å². The fraction of sp³-hybridized carbons (Fsp3) is 0.0714. The van der Waals surface area contributed by atoms with Crippen LogP contribution in [0.4, 0.5) is 5.69 Å². The summed E-state index contributed by atoms with van der Waals surface area (Å²) in [5, 5.41) is 5.09. The van der Waals surface area contributed by atoms with Crippen molar-refractivity contribution in [1.29, 1.82) is 0 Å². The second kappa shape index (κ2) is 3.63. The quantitative estimate of drug-likeness (QED) is 0.644. The fourth-order valence-electron chi connectivity index (χ4n) is 2.02. The Morgan fingerprint density at radius 2 is 1.88 bits per heavy atom. The first-order valence-corrected chi connectivity index (χ1v) is 5.47. The topological polar surface area (TPSA) is 52.0 Å². The highest BCUT2D eigenvalue weighted by Crippen LogP contribution is 2.32. The minimum absolute atomic E-state index is 0.620. The van der Waals surface area contributed by atoms with Crippen LogP contribution >= 0.6 is 0 Å². The van der Waals surface area contributed by atoms with Crippen LogP contribution in [0.2, 0.25) is 0 Å². The summed E-state index contributed by atoms with van der Waals surface area (Å²) in [6.45, 7) is 2.06. The smallest absolute Gasteiger partial charge is 0.190 e. The zero-order chi connectivity index (χ0) is 11.8. The van der Waals surface area contributed by atoms with Crippen molar-refractivity contribution in [1.82, 2.24) is 5.16 Å².